The number of carbonyl (C=O) groups is 1. The van der Waals surface area contributed by atoms with Gasteiger partial charge in [-0.15, -0.1) is 13.2 Å². The number of nitrogens with one attached hydrogen (secondary N) is 2. The molecular formula is C26H36N4O6S. The molecule has 0 unspecified atom stereocenters. The zero-order chi connectivity index (χ0) is 27.4. The van der Waals surface area contributed by atoms with Crippen LogP contribution in [-0.2, 0) is 21.2 Å². The van der Waals surface area contributed by atoms with Crippen molar-refractivity contribution in [3.05, 3.63) is 66.8 Å². The number of hydrogen-bond acceptors (Lipinski definition) is 8. The zero-order valence-electron chi connectivity index (χ0n) is 21.3. The molecule has 2 aromatic rings. The minimum Gasteiger partial charge on any atom is -0.507 e. The fourth-order valence-electron chi connectivity index (χ4n) is 3.30. The second kappa shape index (κ2) is 14.3. The Morgan fingerprint density at radius 1 is 1.14 bits per heavy atom. The number of rotatable bonds is 17. The molecule has 0 aliphatic carbocycles. The van der Waals surface area contributed by atoms with E-state index < -0.39 is 21.7 Å². The summed E-state index contributed by atoms with van der Waals surface area (Å²) < 4.78 is 40.6. The molecule has 11 heteroatoms. The number of benzene rings is 2. The predicted molar refractivity (Wildman–Crippen MR) is 146 cm³/mol. The Morgan fingerprint density at radius 2 is 1.89 bits per heavy atom. The van der Waals surface area contributed by atoms with Gasteiger partial charge >= 0.3 is 0 Å². The highest BCUT2D eigenvalue weighted by Crippen LogP contribution is 2.32. The van der Waals surface area contributed by atoms with Gasteiger partial charge in [-0.2, -0.15) is 0 Å². The number of likely N-dealkylation sites (N-methyl/N-ethyl adjacent to an activating group) is 1. The number of carbonyl (C=O) groups excluding carboxylic acids is 1. The number of sulfonamides is 1. The van der Waals surface area contributed by atoms with Gasteiger partial charge in [0.2, 0.25) is 0 Å². The Kier molecular flexibility index (Phi) is 11.4. The minimum absolute atomic E-state index is 0.0947. The molecule has 37 heavy (non-hydrogen) atoms. The summed E-state index contributed by atoms with van der Waals surface area (Å²) in [5.74, 6) is -0.765. The standard InChI is InChI=1S/C26H36N4O6S/c1-5-7-13-35-14-11-28-22-18-23(31)21(26(27)32)17-25(22)37(33,34)29-20-9-10-24(19(16-20)8-6-2)36-15-12-30(3)4/h5-6,9-10,16-18,28-29,31H,1-2,7-8,11-15H2,3-4H3,(H2,27,32). The van der Waals surface area contributed by atoms with Crippen LogP contribution in [0.1, 0.15) is 22.3 Å². The lowest BCUT2D eigenvalue weighted by Gasteiger charge is -2.17. The molecule has 0 atom stereocenters. The van der Waals surface area contributed by atoms with Crippen LogP contribution < -0.4 is 20.5 Å². The van der Waals surface area contributed by atoms with Gasteiger partial charge in [-0.1, -0.05) is 12.2 Å². The molecule has 0 saturated carbocycles. The summed E-state index contributed by atoms with van der Waals surface area (Å²) in [6.07, 6.45) is 4.58. The van der Waals surface area contributed by atoms with Gasteiger partial charge in [0.05, 0.1) is 24.5 Å². The Labute approximate surface area is 218 Å². The summed E-state index contributed by atoms with van der Waals surface area (Å²) in [4.78, 5) is 13.5. The van der Waals surface area contributed by atoms with Crippen LogP contribution in [0.3, 0.4) is 0 Å². The molecule has 0 aliphatic rings. The van der Waals surface area contributed by atoms with E-state index in [9.17, 15) is 18.3 Å². The number of hydrogen-bond donors (Lipinski definition) is 4. The molecule has 2 aromatic carbocycles. The third-order valence-electron chi connectivity index (χ3n) is 5.15. The number of anilines is 2. The van der Waals surface area contributed by atoms with Crippen LogP contribution in [-0.4, -0.2) is 71.3 Å². The van der Waals surface area contributed by atoms with E-state index in [2.05, 4.69) is 23.2 Å². The molecule has 0 bridgehead atoms. The Balaban J connectivity index is 2.33. The van der Waals surface area contributed by atoms with Crippen molar-refractivity contribution in [2.75, 3.05) is 57.0 Å². The summed E-state index contributed by atoms with van der Waals surface area (Å²) in [6.45, 7) is 9.61. The summed E-state index contributed by atoms with van der Waals surface area (Å²) >= 11 is 0. The summed E-state index contributed by atoms with van der Waals surface area (Å²) in [5, 5.41) is 13.2. The number of ether oxygens (including phenoxy) is 2. The van der Waals surface area contributed by atoms with Gasteiger partial charge in [0.15, 0.2) is 0 Å². The quantitative estimate of drug-likeness (QED) is 0.180. The number of aromatic hydroxyl groups is 1. The van der Waals surface area contributed by atoms with Gasteiger partial charge in [-0.25, -0.2) is 8.42 Å². The third kappa shape index (κ3) is 9.12. The maximum Gasteiger partial charge on any atom is 0.263 e. The van der Waals surface area contributed by atoms with E-state index in [0.717, 1.165) is 24.2 Å². The maximum absolute atomic E-state index is 13.4. The van der Waals surface area contributed by atoms with Crippen LogP contribution in [0.4, 0.5) is 11.4 Å². The lowest BCUT2D eigenvalue weighted by atomic mass is 10.1. The summed E-state index contributed by atoms with van der Waals surface area (Å²) in [5.41, 5.74) is 6.17. The molecule has 0 aliphatic heterocycles. The van der Waals surface area contributed by atoms with Crippen LogP contribution in [0, 0.1) is 0 Å². The maximum atomic E-state index is 13.4. The molecule has 0 aromatic heterocycles. The molecule has 0 fully saturated rings. The van der Waals surface area contributed by atoms with Crippen molar-refractivity contribution in [1.82, 2.24) is 4.90 Å². The van der Waals surface area contributed by atoms with E-state index in [1.807, 2.05) is 19.0 Å². The fourth-order valence-corrected chi connectivity index (χ4v) is 4.54. The highest BCUT2D eigenvalue weighted by atomic mass is 32.2. The third-order valence-corrected chi connectivity index (χ3v) is 6.58. The van der Waals surface area contributed by atoms with Crippen molar-refractivity contribution >= 4 is 27.3 Å². The smallest absolute Gasteiger partial charge is 0.263 e. The molecule has 10 nitrogen and oxygen atoms in total. The van der Waals surface area contributed by atoms with Crippen molar-refractivity contribution in [3.63, 3.8) is 0 Å². The largest absolute Gasteiger partial charge is 0.507 e. The first-order chi connectivity index (χ1) is 17.6. The topological polar surface area (TPSA) is 143 Å². The van der Waals surface area contributed by atoms with Gasteiger partial charge in [-0.3, -0.25) is 9.52 Å². The van der Waals surface area contributed by atoms with Crippen LogP contribution in [0.5, 0.6) is 11.5 Å². The number of nitrogens with zero attached hydrogens (tertiary/aromatic N) is 1. The Hall–Kier alpha value is -3.54. The first kappa shape index (κ1) is 29.7. The number of amides is 1. The lowest BCUT2D eigenvalue weighted by molar-refractivity contribution is 0.0997. The number of allylic oxidation sites excluding steroid dienone is 1. The predicted octanol–water partition coefficient (Wildman–Crippen LogP) is 2.97. The molecule has 0 spiro atoms. The van der Waals surface area contributed by atoms with Crippen molar-refractivity contribution < 1.29 is 27.8 Å². The van der Waals surface area contributed by atoms with E-state index in [-0.39, 0.29) is 22.7 Å². The van der Waals surface area contributed by atoms with Gasteiger partial charge in [0.1, 0.15) is 23.0 Å². The van der Waals surface area contributed by atoms with Gasteiger partial charge < -0.3 is 30.5 Å². The first-order valence-electron chi connectivity index (χ1n) is 11.7. The molecule has 0 heterocycles. The summed E-state index contributed by atoms with van der Waals surface area (Å²) in [7, 11) is -0.315. The van der Waals surface area contributed by atoms with Crippen LogP contribution in [0.25, 0.3) is 0 Å². The molecule has 0 radical (unpaired) electrons. The number of nitrogens with two attached hydrogens (primary N) is 1. The highest BCUT2D eigenvalue weighted by molar-refractivity contribution is 7.92. The number of primary amides is 1. The minimum atomic E-state index is -4.20. The van der Waals surface area contributed by atoms with E-state index >= 15 is 0 Å². The van der Waals surface area contributed by atoms with E-state index in [1.165, 1.54) is 0 Å². The Morgan fingerprint density at radius 3 is 2.54 bits per heavy atom. The summed E-state index contributed by atoms with van der Waals surface area (Å²) in [6, 6.07) is 7.15. The second-order valence-corrected chi connectivity index (χ2v) is 10.1. The van der Waals surface area contributed by atoms with Crippen molar-refractivity contribution in [2.45, 2.75) is 17.7 Å². The van der Waals surface area contributed by atoms with E-state index in [0.29, 0.717) is 44.1 Å². The monoisotopic (exact) mass is 532 g/mol. The van der Waals surface area contributed by atoms with Crippen LogP contribution in [0.15, 0.2) is 60.5 Å². The SMILES string of the molecule is C=CCCOCCNc1cc(O)c(C(N)=O)cc1S(=O)(=O)Nc1ccc(OCCN(C)C)c(CC=C)c1. The Bertz CT molecular complexity index is 1200. The average Bonchev–Trinajstić information content (AvgIpc) is 2.82. The normalized spacial score (nSPS) is 11.2. The van der Waals surface area contributed by atoms with Gasteiger partial charge in [0.25, 0.3) is 15.9 Å². The van der Waals surface area contributed by atoms with Crippen LogP contribution in [0.2, 0.25) is 0 Å². The van der Waals surface area contributed by atoms with Crippen molar-refractivity contribution in [3.8, 4) is 11.5 Å². The first-order valence-corrected chi connectivity index (χ1v) is 13.2. The number of phenols is 1. The second-order valence-electron chi connectivity index (χ2n) is 8.42. The van der Waals surface area contributed by atoms with Gasteiger partial charge in [0, 0.05) is 24.8 Å². The molecule has 0 saturated heterocycles. The highest BCUT2D eigenvalue weighted by Gasteiger charge is 2.24. The fraction of sp³-hybridized carbons (Fsp3) is 0.346. The van der Waals surface area contributed by atoms with E-state index in [1.54, 1.807) is 30.4 Å². The average molecular weight is 533 g/mol. The van der Waals surface area contributed by atoms with E-state index in [4.69, 9.17) is 15.2 Å². The lowest BCUT2D eigenvalue weighted by Crippen LogP contribution is -2.20. The zero-order valence-corrected chi connectivity index (χ0v) is 22.1. The molecule has 5 N–H and O–H groups in total. The molecular weight excluding hydrogens is 496 g/mol. The van der Waals surface area contributed by atoms with Gasteiger partial charge in [-0.05, 0) is 56.8 Å². The van der Waals surface area contributed by atoms with Crippen LogP contribution >= 0.6 is 0 Å². The molecule has 2 rings (SSSR count). The van der Waals surface area contributed by atoms with Crippen molar-refractivity contribution in [2.24, 2.45) is 5.73 Å². The molecule has 1 amide bonds. The van der Waals surface area contributed by atoms with Crippen molar-refractivity contribution in [1.29, 1.82) is 0 Å². The molecule has 202 valence electrons.